The lowest BCUT2D eigenvalue weighted by atomic mass is 10.2. The number of hydrogen-bond acceptors (Lipinski definition) is 3. The molecule has 1 heterocycles. The minimum Gasteiger partial charge on any atom is -0.397 e. The van der Waals surface area contributed by atoms with Gasteiger partial charge in [0.15, 0.2) is 0 Å². The summed E-state index contributed by atoms with van der Waals surface area (Å²) < 4.78 is 0. The van der Waals surface area contributed by atoms with Crippen molar-refractivity contribution in [3.05, 3.63) is 53.7 Å². The predicted molar refractivity (Wildman–Crippen MR) is 81.2 cm³/mol. The van der Waals surface area contributed by atoms with Crippen molar-refractivity contribution in [2.24, 2.45) is 0 Å². The molecule has 1 aromatic heterocycles. The number of anilines is 2. The van der Waals surface area contributed by atoms with Crippen LogP contribution < -0.4 is 10.6 Å². The minimum absolute atomic E-state index is 0.750. The van der Waals surface area contributed by atoms with Crippen molar-refractivity contribution in [3.8, 4) is 0 Å². The zero-order valence-electron chi connectivity index (χ0n) is 11.6. The second-order valence-electron chi connectivity index (χ2n) is 4.75. The maximum atomic E-state index is 5.83. The van der Waals surface area contributed by atoms with Crippen LogP contribution in [-0.4, -0.2) is 11.5 Å². The summed E-state index contributed by atoms with van der Waals surface area (Å²) in [5.41, 5.74) is 8.78. The molecule has 0 saturated carbocycles. The van der Waals surface area contributed by atoms with E-state index < -0.39 is 0 Å². The van der Waals surface area contributed by atoms with E-state index in [4.69, 9.17) is 5.73 Å². The van der Waals surface area contributed by atoms with E-state index in [0.717, 1.165) is 36.7 Å². The lowest BCUT2D eigenvalue weighted by Gasteiger charge is -2.24. The third-order valence-corrected chi connectivity index (χ3v) is 3.15. The van der Waals surface area contributed by atoms with E-state index in [0.29, 0.717) is 0 Å². The summed E-state index contributed by atoms with van der Waals surface area (Å²) in [6.07, 6.45) is 1.10. The standard InChI is InChI=1S/C16H21N3/c1-3-11-19(12-14-7-5-4-6-8-14)16-10-9-15(17)13(2)18-16/h4-10H,3,11-12,17H2,1-2H3. The largest absolute Gasteiger partial charge is 0.397 e. The summed E-state index contributed by atoms with van der Waals surface area (Å²) in [6, 6.07) is 14.4. The molecule has 0 amide bonds. The number of nitrogens with zero attached hydrogens (tertiary/aromatic N) is 2. The van der Waals surface area contributed by atoms with Crippen molar-refractivity contribution < 1.29 is 0 Å². The monoisotopic (exact) mass is 255 g/mol. The summed E-state index contributed by atoms with van der Waals surface area (Å²) >= 11 is 0. The molecule has 0 saturated heterocycles. The van der Waals surface area contributed by atoms with Crippen molar-refractivity contribution in [1.82, 2.24) is 4.98 Å². The number of aryl methyl sites for hydroxylation is 1. The Balaban J connectivity index is 2.21. The molecule has 2 rings (SSSR count). The molecule has 0 spiro atoms. The van der Waals surface area contributed by atoms with Crippen LogP contribution in [0.5, 0.6) is 0 Å². The van der Waals surface area contributed by atoms with Gasteiger partial charge in [-0.15, -0.1) is 0 Å². The number of nitrogen functional groups attached to an aromatic ring is 1. The topological polar surface area (TPSA) is 42.1 Å². The summed E-state index contributed by atoms with van der Waals surface area (Å²) in [5.74, 6) is 0.998. The van der Waals surface area contributed by atoms with E-state index in [1.54, 1.807) is 0 Å². The highest BCUT2D eigenvalue weighted by Gasteiger charge is 2.09. The van der Waals surface area contributed by atoms with Crippen molar-refractivity contribution >= 4 is 11.5 Å². The fourth-order valence-corrected chi connectivity index (χ4v) is 2.08. The average Bonchev–Trinajstić information content (AvgIpc) is 2.43. The molecule has 0 bridgehead atoms. The van der Waals surface area contributed by atoms with Crippen LogP contribution in [0.1, 0.15) is 24.6 Å². The van der Waals surface area contributed by atoms with Gasteiger partial charge in [0.1, 0.15) is 5.82 Å². The first-order chi connectivity index (χ1) is 9.20. The Bertz CT molecular complexity index is 523. The Morgan fingerprint density at radius 3 is 2.47 bits per heavy atom. The molecule has 2 N–H and O–H groups in total. The van der Waals surface area contributed by atoms with Crippen molar-refractivity contribution in [1.29, 1.82) is 0 Å². The molecule has 0 aliphatic carbocycles. The molecule has 1 aromatic carbocycles. The lowest BCUT2D eigenvalue weighted by Crippen LogP contribution is -2.24. The zero-order valence-corrected chi connectivity index (χ0v) is 11.6. The van der Waals surface area contributed by atoms with Gasteiger partial charge >= 0.3 is 0 Å². The minimum atomic E-state index is 0.750. The van der Waals surface area contributed by atoms with Crippen LogP contribution in [0, 0.1) is 6.92 Å². The van der Waals surface area contributed by atoms with E-state index in [1.807, 2.05) is 25.1 Å². The summed E-state index contributed by atoms with van der Waals surface area (Å²) in [7, 11) is 0. The third-order valence-electron chi connectivity index (χ3n) is 3.15. The van der Waals surface area contributed by atoms with Gasteiger partial charge in [-0.1, -0.05) is 37.3 Å². The van der Waals surface area contributed by atoms with Gasteiger partial charge < -0.3 is 10.6 Å². The van der Waals surface area contributed by atoms with Crippen molar-refractivity contribution in [3.63, 3.8) is 0 Å². The number of pyridine rings is 1. The van der Waals surface area contributed by atoms with E-state index >= 15 is 0 Å². The first-order valence-corrected chi connectivity index (χ1v) is 6.72. The summed E-state index contributed by atoms with van der Waals surface area (Å²) in [5, 5.41) is 0. The van der Waals surface area contributed by atoms with Gasteiger partial charge in [0.25, 0.3) is 0 Å². The predicted octanol–water partition coefficient (Wildman–Crippen LogP) is 3.39. The highest BCUT2D eigenvalue weighted by Crippen LogP contribution is 2.18. The molecule has 19 heavy (non-hydrogen) atoms. The van der Waals surface area contributed by atoms with Crippen LogP contribution in [0.25, 0.3) is 0 Å². The first kappa shape index (κ1) is 13.4. The highest BCUT2D eigenvalue weighted by molar-refractivity contribution is 5.50. The molecule has 0 aliphatic heterocycles. The molecule has 0 radical (unpaired) electrons. The Morgan fingerprint density at radius 1 is 1.11 bits per heavy atom. The average molecular weight is 255 g/mol. The maximum Gasteiger partial charge on any atom is 0.129 e. The maximum absolute atomic E-state index is 5.83. The van der Waals surface area contributed by atoms with Crippen LogP contribution >= 0.6 is 0 Å². The van der Waals surface area contributed by atoms with Gasteiger partial charge in [-0.05, 0) is 31.0 Å². The van der Waals surface area contributed by atoms with Crippen LogP contribution in [0.3, 0.4) is 0 Å². The van der Waals surface area contributed by atoms with Crippen LogP contribution in [0.4, 0.5) is 11.5 Å². The van der Waals surface area contributed by atoms with Crippen LogP contribution in [0.2, 0.25) is 0 Å². The second-order valence-corrected chi connectivity index (χ2v) is 4.75. The van der Waals surface area contributed by atoms with Crippen LogP contribution in [-0.2, 0) is 6.54 Å². The molecular weight excluding hydrogens is 234 g/mol. The fourth-order valence-electron chi connectivity index (χ4n) is 2.08. The van der Waals surface area contributed by atoms with E-state index in [-0.39, 0.29) is 0 Å². The Hall–Kier alpha value is -2.03. The quantitative estimate of drug-likeness (QED) is 0.890. The molecule has 0 aliphatic rings. The molecule has 3 heteroatoms. The Morgan fingerprint density at radius 2 is 1.84 bits per heavy atom. The molecule has 100 valence electrons. The van der Waals surface area contributed by atoms with Crippen molar-refractivity contribution in [2.45, 2.75) is 26.8 Å². The molecule has 3 nitrogen and oxygen atoms in total. The highest BCUT2D eigenvalue weighted by atomic mass is 15.2. The molecule has 0 fully saturated rings. The van der Waals surface area contributed by atoms with Crippen molar-refractivity contribution in [2.75, 3.05) is 17.2 Å². The van der Waals surface area contributed by atoms with Gasteiger partial charge in [0.2, 0.25) is 0 Å². The van der Waals surface area contributed by atoms with Gasteiger partial charge in [-0.25, -0.2) is 4.98 Å². The molecule has 2 aromatic rings. The molecule has 0 atom stereocenters. The van der Waals surface area contributed by atoms with Gasteiger partial charge in [0, 0.05) is 13.1 Å². The van der Waals surface area contributed by atoms with E-state index in [1.165, 1.54) is 5.56 Å². The van der Waals surface area contributed by atoms with Gasteiger partial charge in [-0.2, -0.15) is 0 Å². The van der Waals surface area contributed by atoms with Crippen LogP contribution in [0.15, 0.2) is 42.5 Å². The van der Waals surface area contributed by atoms with E-state index in [2.05, 4.69) is 41.1 Å². The molecular formula is C16H21N3. The third kappa shape index (κ3) is 3.47. The number of nitrogens with two attached hydrogens (primary N) is 1. The number of hydrogen-bond donors (Lipinski definition) is 1. The Labute approximate surface area is 115 Å². The van der Waals surface area contributed by atoms with E-state index in [9.17, 15) is 0 Å². The SMILES string of the molecule is CCCN(Cc1ccccc1)c1ccc(N)c(C)n1. The van der Waals surface area contributed by atoms with Gasteiger partial charge in [0.05, 0.1) is 11.4 Å². The summed E-state index contributed by atoms with van der Waals surface area (Å²) in [4.78, 5) is 6.88. The number of benzene rings is 1. The summed E-state index contributed by atoms with van der Waals surface area (Å²) in [6.45, 7) is 6.00. The second kappa shape index (κ2) is 6.23. The fraction of sp³-hybridized carbons (Fsp3) is 0.312. The smallest absolute Gasteiger partial charge is 0.129 e. The Kier molecular flexibility index (Phi) is 4.39. The molecule has 0 unspecified atom stereocenters. The van der Waals surface area contributed by atoms with Gasteiger partial charge in [-0.3, -0.25) is 0 Å². The zero-order chi connectivity index (χ0) is 13.7. The number of aromatic nitrogens is 1. The number of rotatable bonds is 5. The normalized spacial score (nSPS) is 10.4. The first-order valence-electron chi connectivity index (χ1n) is 6.72. The lowest BCUT2D eigenvalue weighted by molar-refractivity contribution is 0.753.